The monoisotopic (exact) mass is 454 g/mol. The molecule has 3 rings (SSSR count). The standard InChI is InChI=1S/C25H30N2O6/c1-25(2,23(29)30)27-22(28)21(13-8-14-32-3)26-24(31)33-15-20-18-11-6-4-9-16(18)17-10-5-7-12-19(17)20/h4-7,9-12,20-21H,8,13-15H2,1-3H3,(H,26,31)(H,27,28)(H,29,30). The zero-order valence-corrected chi connectivity index (χ0v) is 19.1. The Balaban J connectivity index is 1.66. The maximum atomic E-state index is 12.7. The summed E-state index contributed by atoms with van der Waals surface area (Å²) < 4.78 is 10.6. The van der Waals surface area contributed by atoms with Gasteiger partial charge in [-0.25, -0.2) is 9.59 Å². The number of hydrogen-bond donors (Lipinski definition) is 3. The normalized spacial score (nSPS) is 13.5. The van der Waals surface area contributed by atoms with E-state index in [0.717, 1.165) is 22.3 Å². The van der Waals surface area contributed by atoms with Crippen LogP contribution >= 0.6 is 0 Å². The number of ether oxygens (including phenoxy) is 2. The van der Waals surface area contributed by atoms with Gasteiger partial charge in [0.1, 0.15) is 18.2 Å². The molecule has 0 saturated heterocycles. The van der Waals surface area contributed by atoms with E-state index in [9.17, 15) is 19.5 Å². The van der Waals surface area contributed by atoms with Gasteiger partial charge in [0.2, 0.25) is 5.91 Å². The predicted molar refractivity (Wildman–Crippen MR) is 123 cm³/mol. The van der Waals surface area contributed by atoms with Gasteiger partial charge in [-0.05, 0) is 48.9 Å². The first-order chi connectivity index (χ1) is 15.7. The van der Waals surface area contributed by atoms with Gasteiger partial charge >= 0.3 is 12.1 Å². The second kappa shape index (κ2) is 10.5. The molecule has 0 heterocycles. The summed E-state index contributed by atoms with van der Waals surface area (Å²) in [5.41, 5.74) is 2.94. The van der Waals surface area contributed by atoms with Crippen molar-refractivity contribution in [3.05, 3.63) is 59.7 Å². The summed E-state index contributed by atoms with van der Waals surface area (Å²) in [6, 6.07) is 15.1. The molecule has 0 radical (unpaired) electrons. The van der Waals surface area contributed by atoms with Crippen LogP contribution < -0.4 is 10.6 Å². The van der Waals surface area contributed by atoms with Crippen molar-refractivity contribution in [2.75, 3.05) is 20.3 Å². The van der Waals surface area contributed by atoms with E-state index in [1.165, 1.54) is 13.8 Å². The number of rotatable bonds is 10. The second-order valence-electron chi connectivity index (χ2n) is 8.58. The molecule has 8 heteroatoms. The van der Waals surface area contributed by atoms with Crippen molar-refractivity contribution in [3.8, 4) is 11.1 Å². The Morgan fingerprint density at radius 3 is 2.15 bits per heavy atom. The Labute approximate surface area is 193 Å². The maximum Gasteiger partial charge on any atom is 0.407 e. The first-order valence-electron chi connectivity index (χ1n) is 10.9. The zero-order chi connectivity index (χ0) is 24.0. The van der Waals surface area contributed by atoms with Crippen molar-refractivity contribution < 1.29 is 29.0 Å². The molecule has 0 bridgehead atoms. The first-order valence-corrected chi connectivity index (χ1v) is 10.9. The van der Waals surface area contributed by atoms with Gasteiger partial charge in [0.15, 0.2) is 0 Å². The van der Waals surface area contributed by atoms with Crippen LogP contribution in [0.2, 0.25) is 0 Å². The van der Waals surface area contributed by atoms with Crippen molar-refractivity contribution in [2.24, 2.45) is 0 Å². The summed E-state index contributed by atoms with van der Waals surface area (Å²) in [6.45, 7) is 3.28. The summed E-state index contributed by atoms with van der Waals surface area (Å²) in [4.78, 5) is 36.7. The fraction of sp³-hybridized carbons (Fsp3) is 0.400. The van der Waals surface area contributed by atoms with E-state index in [4.69, 9.17) is 9.47 Å². The minimum Gasteiger partial charge on any atom is -0.480 e. The number of carboxylic acids is 1. The van der Waals surface area contributed by atoms with Crippen molar-refractivity contribution in [1.29, 1.82) is 0 Å². The molecule has 176 valence electrons. The first kappa shape index (κ1) is 24.3. The third kappa shape index (κ3) is 5.70. The maximum absolute atomic E-state index is 12.7. The van der Waals surface area contributed by atoms with Gasteiger partial charge in [-0.2, -0.15) is 0 Å². The highest BCUT2D eigenvalue weighted by Gasteiger charge is 2.33. The van der Waals surface area contributed by atoms with Crippen LogP contribution in [0.1, 0.15) is 43.7 Å². The van der Waals surface area contributed by atoms with E-state index in [1.54, 1.807) is 7.11 Å². The minimum absolute atomic E-state index is 0.102. The fourth-order valence-corrected chi connectivity index (χ4v) is 3.93. The Hall–Kier alpha value is -3.39. The molecule has 1 aliphatic carbocycles. The second-order valence-corrected chi connectivity index (χ2v) is 8.58. The number of carbonyl (C=O) groups is 3. The van der Waals surface area contributed by atoms with Crippen LogP contribution in [0.4, 0.5) is 4.79 Å². The van der Waals surface area contributed by atoms with Crippen LogP contribution in [-0.2, 0) is 19.1 Å². The molecule has 0 saturated carbocycles. The number of nitrogens with one attached hydrogen (secondary N) is 2. The fourth-order valence-electron chi connectivity index (χ4n) is 3.93. The van der Waals surface area contributed by atoms with Crippen LogP contribution in [0, 0.1) is 0 Å². The number of amides is 2. The van der Waals surface area contributed by atoms with E-state index < -0.39 is 29.6 Å². The van der Waals surface area contributed by atoms with Gasteiger partial charge in [-0.3, -0.25) is 4.79 Å². The molecule has 8 nitrogen and oxygen atoms in total. The largest absolute Gasteiger partial charge is 0.480 e. The third-order valence-electron chi connectivity index (χ3n) is 5.76. The number of methoxy groups -OCH3 is 1. The van der Waals surface area contributed by atoms with Gasteiger partial charge < -0.3 is 25.2 Å². The summed E-state index contributed by atoms with van der Waals surface area (Å²) in [6.07, 6.45) is 0.0493. The molecule has 2 aromatic rings. The number of aliphatic carboxylic acids is 1. The number of carboxylic acid groups (broad SMARTS) is 1. The molecule has 3 N–H and O–H groups in total. The molecule has 0 fully saturated rings. The number of fused-ring (bicyclic) bond motifs is 3. The molecule has 1 atom stereocenters. The lowest BCUT2D eigenvalue weighted by Crippen LogP contribution is -2.56. The minimum atomic E-state index is -1.47. The lowest BCUT2D eigenvalue weighted by molar-refractivity contribution is -0.146. The Morgan fingerprint density at radius 2 is 1.61 bits per heavy atom. The summed E-state index contributed by atoms with van der Waals surface area (Å²) in [5.74, 6) is -1.87. The van der Waals surface area contributed by atoms with Crippen molar-refractivity contribution in [3.63, 3.8) is 0 Å². The number of hydrogen-bond acceptors (Lipinski definition) is 5. The molecular weight excluding hydrogens is 424 g/mol. The van der Waals surface area contributed by atoms with Crippen molar-refractivity contribution >= 4 is 18.0 Å². The molecule has 0 aromatic heterocycles. The van der Waals surface area contributed by atoms with Gasteiger partial charge in [-0.1, -0.05) is 48.5 Å². The van der Waals surface area contributed by atoms with E-state index in [2.05, 4.69) is 22.8 Å². The smallest absolute Gasteiger partial charge is 0.407 e. The van der Waals surface area contributed by atoms with E-state index in [-0.39, 0.29) is 18.9 Å². The Bertz CT molecular complexity index is 974. The Morgan fingerprint density at radius 1 is 1.03 bits per heavy atom. The third-order valence-corrected chi connectivity index (χ3v) is 5.76. The Kier molecular flexibility index (Phi) is 7.71. The van der Waals surface area contributed by atoms with Crippen LogP contribution in [0.25, 0.3) is 11.1 Å². The molecule has 2 aromatic carbocycles. The van der Waals surface area contributed by atoms with Gasteiger partial charge in [0.25, 0.3) is 0 Å². The summed E-state index contributed by atoms with van der Waals surface area (Å²) in [7, 11) is 1.54. The summed E-state index contributed by atoms with van der Waals surface area (Å²) >= 11 is 0. The molecule has 1 unspecified atom stereocenters. The van der Waals surface area contributed by atoms with Crippen LogP contribution in [-0.4, -0.2) is 55.0 Å². The molecule has 2 amide bonds. The number of carbonyl (C=O) groups excluding carboxylic acids is 2. The topological polar surface area (TPSA) is 114 Å². The van der Waals surface area contributed by atoms with Crippen molar-refractivity contribution in [2.45, 2.75) is 44.2 Å². The quantitative estimate of drug-likeness (QED) is 0.475. The lowest BCUT2D eigenvalue weighted by Gasteiger charge is -2.25. The highest BCUT2D eigenvalue weighted by Crippen LogP contribution is 2.44. The average Bonchev–Trinajstić information content (AvgIpc) is 3.10. The van der Waals surface area contributed by atoms with E-state index in [1.807, 2.05) is 36.4 Å². The molecule has 0 spiro atoms. The molecule has 33 heavy (non-hydrogen) atoms. The lowest BCUT2D eigenvalue weighted by atomic mass is 9.98. The molecule has 0 aliphatic heterocycles. The highest BCUT2D eigenvalue weighted by molar-refractivity contribution is 5.90. The zero-order valence-electron chi connectivity index (χ0n) is 19.1. The van der Waals surface area contributed by atoms with E-state index in [0.29, 0.717) is 13.0 Å². The van der Waals surface area contributed by atoms with E-state index >= 15 is 0 Å². The van der Waals surface area contributed by atoms with Crippen LogP contribution in [0.15, 0.2) is 48.5 Å². The number of alkyl carbamates (subject to hydrolysis) is 1. The van der Waals surface area contributed by atoms with Crippen LogP contribution in [0.5, 0.6) is 0 Å². The van der Waals surface area contributed by atoms with Gasteiger partial charge in [0.05, 0.1) is 0 Å². The number of benzene rings is 2. The van der Waals surface area contributed by atoms with Gasteiger partial charge in [-0.15, -0.1) is 0 Å². The average molecular weight is 455 g/mol. The molecular formula is C25H30N2O6. The van der Waals surface area contributed by atoms with Gasteiger partial charge in [0, 0.05) is 19.6 Å². The van der Waals surface area contributed by atoms with Crippen molar-refractivity contribution in [1.82, 2.24) is 10.6 Å². The predicted octanol–water partition coefficient (Wildman–Crippen LogP) is 3.30. The van der Waals surface area contributed by atoms with Crippen LogP contribution in [0.3, 0.4) is 0 Å². The molecule has 1 aliphatic rings. The SMILES string of the molecule is COCCCC(NC(=O)OCC1c2ccccc2-c2ccccc21)C(=O)NC(C)(C)C(=O)O. The highest BCUT2D eigenvalue weighted by atomic mass is 16.5. The summed E-state index contributed by atoms with van der Waals surface area (Å²) in [5, 5.41) is 14.3.